The van der Waals surface area contributed by atoms with Gasteiger partial charge >= 0.3 is 5.97 Å². The Bertz CT molecular complexity index is 1710. The number of aromatic nitrogens is 1. The van der Waals surface area contributed by atoms with Gasteiger partial charge in [0.1, 0.15) is 22.8 Å². The summed E-state index contributed by atoms with van der Waals surface area (Å²) in [5.41, 5.74) is 7.30. The van der Waals surface area contributed by atoms with Crippen LogP contribution in [0.25, 0.3) is 22.0 Å². The van der Waals surface area contributed by atoms with Crippen LogP contribution in [-0.4, -0.2) is 30.2 Å². The molecule has 39 heavy (non-hydrogen) atoms. The number of nitrogens with one attached hydrogen (secondary N) is 2. The molecule has 0 fully saturated rings. The van der Waals surface area contributed by atoms with E-state index in [1.807, 2.05) is 55.5 Å². The van der Waals surface area contributed by atoms with E-state index in [4.69, 9.17) is 21.1 Å². The Balaban J connectivity index is 1.40. The first-order valence-electron chi connectivity index (χ1n) is 12.1. The highest BCUT2D eigenvalue weighted by atomic mass is 35.5. The zero-order valence-electron chi connectivity index (χ0n) is 21.2. The SMILES string of the molecule is COc1ccc(Cl)cc1C(=O)Oc1ccccc1C=NNC(=O)c1[nH]c2c(C)cccc2c1-c1ccccc1. The van der Waals surface area contributed by atoms with Gasteiger partial charge in [-0.3, -0.25) is 4.79 Å². The van der Waals surface area contributed by atoms with E-state index in [1.165, 1.54) is 19.4 Å². The molecule has 0 saturated carbocycles. The van der Waals surface area contributed by atoms with Crippen molar-refractivity contribution < 1.29 is 19.1 Å². The molecule has 5 rings (SSSR count). The molecule has 0 spiro atoms. The van der Waals surface area contributed by atoms with Crippen LogP contribution >= 0.6 is 11.6 Å². The fourth-order valence-electron chi connectivity index (χ4n) is 4.33. The number of ether oxygens (including phenoxy) is 2. The molecule has 0 atom stereocenters. The van der Waals surface area contributed by atoms with Crippen LogP contribution in [0.15, 0.2) is 96.1 Å². The molecule has 7 nitrogen and oxygen atoms in total. The molecule has 0 aliphatic carbocycles. The highest BCUT2D eigenvalue weighted by molar-refractivity contribution is 6.31. The van der Waals surface area contributed by atoms with Crippen LogP contribution in [0.1, 0.15) is 32.0 Å². The van der Waals surface area contributed by atoms with Crippen molar-refractivity contribution in [1.82, 2.24) is 10.4 Å². The lowest BCUT2D eigenvalue weighted by atomic mass is 10.0. The van der Waals surface area contributed by atoms with Gasteiger partial charge in [-0.1, -0.05) is 72.3 Å². The van der Waals surface area contributed by atoms with Gasteiger partial charge in [0.05, 0.1) is 13.3 Å². The fraction of sp³-hybridized carbons (Fsp3) is 0.0645. The number of hydrazone groups is 1. The summed E-state index contributed by atoms with van der Waals surface area (Å²) in [5.74, 6) is -0.446. The molecule has 4 aromatic carbocycles. The van der Waals surface area contributed by atoms with Gasteiger partial charge in [-0.15, -0.1) is 0 Å². The van der Waals surface area contributed by atoms with Gasteiger partial charge < -0.3 is 14.5 Å². The van der Waals surface area contributed by atoms with Crippen molar-refractivity contribution in [2.24, 2.45) is 5.10 Å². The van der Waals surface area contributed by atoms with Gasteiger partial charge in [0.2, 0.25) is 0 Å². The van der Waals surface area contributed by atoms with E-state index in [2.05, 4.69) is 15.5 Å². The Kier molecular flexibility index (Phi) is 7.43. The molecule has 0 aliphatic heterocycles. The Morgan fingerprint density at radius 3 is 2.49 bits per heavy atom. The highest BCUT2D eigenvalue weighted by Gasteiger charge is 2.20. The molecule has 1 heterocycles. The lowest BCUT2D eigenvalue weighted by molar-refractivity contribution is 0.0730. The van der Waals surface area contributed by atoms with Gasteiger partial charge in [-0.2, -0.15) is 5.10 Å². The van der Waals surface area contributed by atoms with Crippen LogP contribution in [-0.2, 0) is 0 Å². The smallest absolute Gasteiger partial charge is 0.347 e. The monoisotopic (exact) mass is 537 g/mol. The number of esters is 1. The molecule has 0 aliphatic rings. The summed E-state index contributed by atoms with van der Waals surface area (Å²) in [5, 5.41) is 5.48. The molecule has 1 amide bonds. The van der Waals surface area contributed by atoms with Crippen molar-refractivity contribution >= 4 is 40.6 Å². The minimum Gasteiger partial charge on any atom is -0.496 e. The Morgan fingerprint density at radius 1 is 0.923 bits per heavy atom. The number of nitrogens with zero attached hydrogens (tertiary/aromatic N) is 1. The predicted octanol–water partition coefficient (Wildman–Crippen LogP) is 6.79. The number of aryl methyl sites for hydroxylation is 1. The molecule has 0 unspecified atom stereocenters. The molecule has 194 valence electrons. The number of hydrogen-bond acceptors (Lipinski definition) is 5. The molecule has 1 aromatic heterocycles. The first-order valence-corrected chi connectivity index (χ1v) is 12.5. The van der Waals surface area contributed by atoms with Gasteiger partial charge in [0.15, 0.2) is 0 Å². The maximum atomic E-state index is 13.3. The Labute approximate surface area is 230 Å². The van der Waals surface area contributed by atoms with Crippen molar-refractivity contribution in [3.8, 4) is 22.6 Å². The average molecular weight is 538 g/mol. The molecule has 8 heteroatoms. The van der Waals surface area contributed by atoms with Crippen LogP contribution in [0.4, 0.5) is 0 Å². The zero-order chi connectivity index (χ0) is 27.4. The van der Waals surface area contributed by atoms with E-state index in [-0.39, 0.29) is 11.3 Å². The van der Waals surface area contributed by atoms with Gasteiger partial charge in [0, 0.05) is 27.1 Å². The van der Waals surface area contributed by atoms with Crippen LogP contribution in [0.5, 0.6) is 11.5 Å². The molecule has 0 saturated heterocycles. The third-order valence-electron chi connectivity index (χ3n) is 6.20. The minimum atomic E-state index is -0.639. The summed E-state index contributed by atoms with van der Waals surface area (Å²) in [7, 11) is 1.46. The number of fused-ring (bicyclic) bond motifs is 1. The molecule has 0 bridgehead atoms. The number of amides is 1. The first-order chi connectivity index (χ1) is 19.0. The number of methoxy groups -OCH3 is 1. The lowest BCUT2D eigenvalue weighted by Crippen LogP contribution is -2.19. The van der Waals surface area contributed by atoms with E-state index >= 15 is 0 Å². The predicted molar refractivity (Wildman–Crippen MR) is 153 cm³/mol. The first kappa shape index (κ1) is 25.8. The number of H-pyrrole nitrogens is 1. The molecular formula is C31H24ClN3O4. The van der Waals surface area contributed by atoms with Gasteiger partial charge in [-0.05, 0) is 48.4 Å². The summed E-state index contributed by atoms with van der Waals surface area (Å²) in [4.78, 5) is 29.4. The average Bonchev–Trinajstić information content (AvgIpc) is 3.35. The number of benzene rings is 4. The van der Waals surface area contributed by atoms with Gasteiger partial charge in [-0.25, -0.2) is 10.2 Å². The van der Waals surface area contributed by atoms with E-state index in [9.17, 15) is 9.59 Å². The molecule has 2 N–H and O–H groups in total. The number of hydrogen-bond donors (Lipinski definition) is 2. The third kappa shape index (κ3) is 5.39. The highest BCUT2D eigenvalue weighted by Crippen LogP contribution is 2.34. The van der Waals surface area contributed by atoms with Crippen molar-refractivity contribution in [2.75, 3.05) is 7.11 Å². The number of aromatic amines is 1. The third-order valence-corrected chi connectivity index (χ3v) is 6.44. The normalized spacial score (nSPS) is 11.1. The summed E-state index contributed by atoms with van der Waals surface area (Å²) in [6, 6.07) is 27.2. The summed E-state index contributed by atoms with van der Waals surface area (Å²) in [6.07, 6.45) is 1.42. The number of para-hydroxylation sites is 2. The quantitative estimate of drug-likeness (QED) is 0.103. The standard InChI is InChI=1S/C31H24ClN3O4/c1-19-9-8-13-23-27(20-10-4-3-5-11-20)29(34-28(19)23)30(36)35-33-18-21-12-6-7-14-25(21)39-31(37)24-17-22(32)15-16-26(24)38-2/h3-18,34H,1-2H3,(H,35,36). The number of halogens is 1. The van der Waals surface area contributed by atoms with Crippen molar-refractivity contribution in [2.45, 2.75) is 6.92 Å². The van der Waals surface area contributed by atoms with Crippen molar-refractivity contribution in [3.63, 3.8) is 0 Å². The van der Waals surface area contributed by atoms with Crippen molar-refractivity contribution in [3.05, 3.63) is 118 Å². The molecular weight excluding hydrogens is 514 g/mol. The second-order valence-corrected chi connectivity index (χ2v) is 9.15. The second kappa shape index (κ2) is 11.2. The van der Waals surface area contributed by atoms with E-state index in [1.54, 1.807) is 36.4 Å². The van der Waals surface area contributed by atoms with E-state index in [0.29, 0.717) is 22.0 Å². The zero-order valence-corrected chi connectivity index (χ0v) is 22.0. The summed E-state index contributed by atoms with van der Waals surface area (Å²) < 4.78 is 10.9. The topological polar surface area (TPSA) is 92.8 Å². The number of carbonyl (C=O) groups excluding carboxylic acids is 2. The molecule has 5 aromatic rings. The summed E-state index contributed by atoms with van der Waals surface area (Å²) in [6.45, 7) is 1.99. The number of rotatable bonds is 7. The molecule has 0 radical (unpaired) electrons. The summed E-state index contributed by atoms with van der Waals surface area (Å²) >= 11 is 6.06. The van der Waals surface area contributed by atoms with Gasteiger partial charge in [0.25, 0.3) is 5.91 Å². The largest absolute Gasteiger partial charge is 0.496 e. The minimum absolute atomic E-state index is 0.188. The van der Waals surface area contributed by atoms with E-state index < -0.39 is 11.9 Å². The van der Waals surface area contributed by atoms with Crippen LogP contribution < -0.4 is 14.9 Å². The maximum absolute atomic E-state index is 13.3. The number of carbonyl (C=O) groups is 2. The van der Waals surface area contributed by atoms with E-state index in [0.717, 1.165) is 27.6 Å². The maximum Gasteiger partial charge on any atom is 0.347 e. The Morgan fingerprint density at radius 2 is 1.69 bits per heavy atom. The van der Waals surface area contributed by atoms with Crippen LogP contribution in [0, 0.1) is 6.92 Å². The lowest BCUT2D eigenvalue weighted by Gasteiger charge is -2.10. The Hall–Kier alpha value is -4.88. The second-order valence-electron chi connectivity index (χ2n) is 8.71. The van der Waals surface area contributed by atoms with Crippen LogP contribution in [0.2, 0.25) is 5.02 Å². The van der Waals surface area contributed by atoms with Crippen LogP contribution in [0.3, 0.4) is 0 Å². The van der Waals surface area contributed by atoms with Crippen molar-refractivity contribution in [1.29, 1.82) is 0 Å². The fourth-order valence-corrected chi connectivity index (χ4v) is 4.50.